The van der Waals surface area contributed by atoms with Crippen molar-refractivity contribution < 1.29 is 31.5 Å². The van der Waals surface area contributed by atoms with Gasteiger partial charge < -0.3 is 14.9 Å². The molecule has 0 saturated carbocycles. The Hall–Kier alpha value is -2.88. The standard InChI is InChI=1S/C19H13BrF4N2O3/c1-9(28-13-4-2-3-12(14(13)21)17(25)27)18-26-15(16(20)29-18)10-5-7-11(8-6-10)19(22,23)24/h2-9H,1H3,(H2,25,27). The zero-order chi connectivity index (χ0) is 21.3. The highest BCUT2D eigenvalue weighted by Gasteiger charge is 2.30. The summed E-state index contributed by atoms with van der Waals surface area (Å²) in [4.78, 5) is 15.5. The highest BCUT2D eigenvalue weighted by atomic mass is 79.9. The average molecular weight is 473 g/mol. The van der Waals surface area contributed by atoms with Gasteiger partial charge in [-0.2, -0.15) is 13.2 Å². The number of aromatic nitrogens is 1. The number of oxazole rings is 1. The number of hydrogen-bond acceptors (Lipinski definition) is 4. The summed E-state index contributed by atoms with van der Waals surface area (Å²) in [5.41, 5.74) is 4.64. The molecule has 1 amide bonds. The molecule has 2 aromatic carbocycles. The lowest BCUT2D eigenvalue weighted by Crippen LogP contribution is -2.14. The Balaban J connectivity index is 1.85. The van der Waals surface area contributed by atoms with E-state index in [1.807, 2.05) is 0 Å². The van der Waals surface area contributed by atoms with Crippen LogP contribution in [0.1, 0.15) is 34.8 Å². The van der Waals surface area contributed by atoms with Gasteiger partial charge in [-0.25, -0.2) is 9.37 Å². The van der Waals surface area contributed by atoms with E-state index in [1.54, 1.807) is 0 Å². The Labute approximate surface area is 170 Å². The van der Waals surface area contributed by atoms with Crippen molar-refractivity contribution in [1.29, 1.82) is 0 Å². The molecule has 0 saturated heterocycles. The highest BCUT2D eigenvalue weighted by Crippen LogP contribution is 2.35. The van der Waals surface area contributed by atoms with Gasteiger partial charge in [-0.1, -0.05) is 18.2 Å². The molecular weight excluding hydrogens is 460 g/mol. The minimum Gasteiger partial charge on any atom is -0.478 e. The molecule has 0 aliphatic heterocycles. The molecule has 0 radical (unpaired) electrons. The molecule has 0 aliphatic carbocycles. The minimum atomic E-state index is -4.45. The molecule has 2 N–H and O–H groups in total. The summed E-state index contributed by atoms with van der Waals surface area (Å²) in [6.45, 7) is 1.53. The first-order valence-electron chi connectivity index (χ1n) is 8.16. The summed E-state index contributed by atoms with van der Waals surface area (Å²) in [5.74, 6) is -2.03. The van der Waals surface area contributed by atoms with Crippen LogP contribution >= 0.6 is 15.9 Å². The molecule has 29 heavy (non-hydrogen) atoms. The molecule has 1 atom stereocenters. The monoisotopic (exact) mass is 472 g/mol. The predicted molar refractivity (Wildman–Crippen MR) is 98.6 cm³/mol. The Morgan fingerprint density at radius 2 is 1.86 bits per heavy atom. The first kappa shape index (κ1) is 20.8. The molecule has 0 spiro atoms. The van der Waals surface area contributed by atoms with Crippen LogP contribution in [0.3, 0.4) is 0 Å². The van der Waals surface area contributed by atoms with Crippen LogP contribution in [0.2, 0.25) is 0 Å². The lowest BCUT2D eigenvalue weighted by Gasteiger charge is -2.13. The van der Waals surface area contributed by atoms with E-state index in [-0.39, 0.29) is 27.6 Å². The van der Waals surface area contributed by atoms with Gasteiger partial charge in [0.1, 0.15) is 5.69 Å². The molecule has 3 aromatic rings. The molecule has 0 aliphatic rings. The molecule has 0 fully saturated rings. The highest BCUT2D eigenvalue weighted by molar-refractivity contribution is 9.10. The molecular formula is C19H13BrF4N2O3. The number of ether oxygens (including phenoxy) is 1. The Morgan fingerprint density at radius 1 is 1.21 bits per heavy atom. The van der Waals surface area contributed by atoms with Gasteiger partial charge in [0.25, 0.3) is 5.91 Å². The van der Waals surface area contributed by atoms with Crippen LogP contribution < -0.4 is 10.5 Å². The SMILES string of the molecule is CC(Oc1cccc(C(N)=O)c1F)c1nc(-c2ccc(C(F)(F)F)cc2)c(Br)o1. The number of hydrogen-bond donors (Lipinski definition) is 1. The molecule has 0 bridgehead atoms. The number of carbonyl (C=O) groups is 1. The van der Waals surface area contributed by atoms with Crippen LogP contribution in [0.4, 0.5) is 17.6 Å². The van der Waals surface area contributed by atoms with Crippen molar-refractivity contribution in [3.63, 3.8) is 0 Å². The Kier molecular flexibility index (Phi) is 5.65. The van der Waals surface area contributed by atoms with Gasteiger partial charge in [0.2, 0.25) is 5.89 Å². The lowest BCUT2D eigenvalue weighted by molar-refractivity contribution is -0.137. The van der Waals surface area contributed by atoms with Crippen LogP contribution in [-0.4, -0.2) is 10.9 Å². The fourth-order valence-corrected chi connectivity index (χ4v) is 3.00. The van der Waals surface area contributed by atoms with E-state index in [0.717, 1.165) is 12.1 Å². The number of primary amides is 1. The summed E-state index contributed by atoms with van der Waals surface area (Å²) in [6.07, 6.45) is -5.32. The van der Waals surface area contributed by atoms with Crippen LogP contribution in [0.25, 0.3) is 11.3 Å². The van der Waals surface area contributed by atoms with Crippen molar-refractivity contribution in [2.24, 2.45) is 5.73 Å². The second-order valence-corrected chi connectivity index (χ2v) is 6.71. The Morgan fingerprint density at radius 3 is 2.45 bits per heavy atom. The van der Waals surface area contributed by atoms with Gasteiger partial charge >= 0.3 is 6.18 Å². The number of nitrogens with two attached hydrogens (primary N) is 1. The predicted octanol–water partition coefficient (Wildman–Crippen LogP) is 5.50. The van der Waals surface area contributed by atoms with Crippen LogP contribution in [0, 0.1) is 5.82 Å². The van der Waals surface area contributed by atoms with E-state index < -0.39 is 29.6 Å². The summed E-state index contributed by atoms with van der Waals surface area (Å²) in [6, 6.07) is 8.33. The number of rotatable bonds is 5. The molecule has 1 unspecified atom stereocenters. The molecule has 3 rings (SSSR count). The number of nitrogens with zero attached hydrogens (tertiary/aromatic N) is 1. The van der Waals surface area contributed by atoms with Crippen molar-refractivity contribution in [3.8, 4) is 17.0 Å². The van der Waals surface area contributed by atoms with Gasteiger partial charge in [0.05, 0.1) is 11.1 Å². The maximum absolute atomic E-state index is 14.3. The van der Waals surface area contributed by atoms with Crippen molar-refractivity contribution >= 4 is 21.8 Å². The number of halogens is 5. The first-order valence-corrected chi connectivity index (χ1v) is 8.96. The summed E-state index contributed by atoms with van der Waals surface area (Å²) in [5, 5.41) is 0. The number of alkyl halides is 3. The van der Waals surface area contributed by atoms with Gasteiger partial charge in [-0.05, 0) is 47.1 Å². The quantitative estimate of drug-likeness (QED) is 0.497. The van der Waals surface area contributed by atoms with Crippen molar-refractivity contribution in [1.82, 2.24) is 4.98 Å². The molecule has 10 heteroatoms. The molecule has 1 heterocycles. The van der Waals surface area contributed by atoms with Crippen LogP contribution in [-0.2, 0) is 6.18 Å². The zero-order valence-electron chi connectivity index (χ0n) is 14.8. The van der Waals surface area contributed by atoms with E-state index in [0.29, 0.717) is 5.56 Å². The normalized spacial score (nSPS) is 12.6. The maximum Gasteiger partial charge on any atom is 0.416 e. The van der Waals surface area contributed by atoms with E-state index in [2.05, 4.69) is 20.9 Å². The minimum absolute atomic E-state index is 0.0515. The summed E-state index contributed by atoms with van der Waals surface area (Å²) < 4.78 is 63.6. The number of carbonyl (C=O) groups excluding carboxylic acids is 1. The van der Waals surface area contributed by atoms with Crippen molar-refractivity contribution in [2.45, 2.75) is 19.2 Å². The molecule has 1 aromatic heterocycles. The zero-order valence-corrected chi connectivity index (χ0v) is 16.3. The van der Waals surface area contributed by atoms with Gasteiger partial charge in [-0.15, -0.1) is 0 Å². The summed E-state index contributed by atoms with van der Waals surface area (Å²) in [7, 11) is 0. The summed E-state index contributed by atoms with van der Waals surface area (Å²) >= 11 is 3.17. The van der Waals surface area contributed by atoms with Crippen molar-refractivity contribution in [2.75, 3.05) is 0 Å². The van der Waals surface area contributed by atoms with E-state index in [1.165, 1.54) is 37.3 Å². The largest absolute Gasteiger partial charge is 0.478 e. The molecule has 5 nitrogen and oxygen atoms in total. The van der Waals surface area contributed by atoms with Crippen molar-refractivity contribution in [3.05, 3.63) is 70.0 Å². The number of amides is 1. The second-order valence-electron chi connectivity index (χ2n) is 5.99. The fourth-order valence-electron chi connectivity index (χ4n) is 2.52. The van der Waals surface area contributed by atoms with Gasteiger partial charge in [-0.3, -0.25) is 4.79 Å². The number of benzene rings is 2. The first-order chi connectivity index (χ1) is 13.6. The van der Waals surface area contributed by atoms with Crippen LogP contribution in [0.5, 0.6) is 5.75 Å². The third-order valence-corrected chi connectivity index (χ3v) is 4.51. The maximum atomic E-state index is 14.3. The average Bonchev–Trinajstić information content (AvgIpc) is 3.04. The molecule has 152 valence electrons. The van der Waals surface area contributed by atoms with E-state index in [9.17, 15) is 22.4 Å². The second kappa shape index (κ2) is 7.86. The van der Waals surface area contributed by atoms with Crippen LogP contribution in [0.15, 0.2) is 51.6 Å². The Bertz CT molecular complexity index is 1050. The lowest BCUT2D eigenvalue weighted by atomic mass is 10.1. The van der Waals surface area contributed by atoms with Gasteiger partial charge in [0, 0.05) is 5.56 Å². The van der Waals surface area contributed by atoms with Gasteiger partial charge in [0.15, 0.2) is 22.3 Å². The smallest absolute Gasteiger partial charge is 0.416 e. The third kappa shape index (κ3) is 4.42. The van der Waals surface area contributed by atoms with E-state index in [4.69, 9.17) is 14.9 Å². The topological polar surface area (TPSA) is 78.4 Å². The fraction of sp³-hybridized carbons (Fsp3) is 0.158. The van der Waals surface area contributed by atoms with E-state index >= 15 is 0 Å². The third-order valence-electron chi connectivity index (χ3n) is 3.97.